The van der Waals surface area contributed by atoms with E-state index in [0.717, 1.165) is 22.5 Å². The van der Waals surface area contributed by atoms with Gasteiger partial charge in [0.05, 0.1) is 31.4 Å². The van der Waals surface area contributed by atoms with Crippen molar-refractivity contribution in [1.29, 1.82) is 0 Å². The number of hydrogen-bond donors (Lipinski definition) is 0. The highest BCUT2D eigenvalue weighted by molar-refractivity contribution is 5.92. The molecule has 2 atom stereocenters. The quantitative estimate of drug-likeness (QED) is 0.416. The lowest BCUT2D eigenvalue weighted by atomic mass is 9.89. The Morgan fingerprint density at radius 3 is 2.72 bits per heavy atom. The summed E-state index contributed by atoms with van der Waals surface area (Å²) < 4.78 is 7.45. The molecule has 0 radical (unpaired) electrons. The van der Waals surface area contributed by atoms with Gasteiger partial charge in [0, 0.05) is 37.2 Å². The fourth-order valence-electron chi connectivity index (χ4n) is 4.25. The first-order valence-corrected chi connectivity index (χ1v) is 10.6. The van der Waals surface area contributed by atoms with Gasteiger partial charge in [-0.05, 0) is 36.3 Å². The number of aromatic nitrogens is 2. The third-order valence-corrected chi connectivity index (χ3v) is 5.90. The van der Waals surface area contributed by atoms with Crippen LogP contribution in [0.4, 0.5) is 0 Å². The SMILES string of the molecule is COc1cc(C=CC(=O)N2C[C@@H](CN=O)[C@H](c3ccccc3)C2)ccc1-n1cnc(C)c1. The number of nitrogens with zero attached hydrogens (tertiary/aromatic N) is 4. The minimum absolute atomic E-state index is 0.0327. The zero-order chi connectivity index (χ0) is 22.5. The molecule has 32 heavy (non-hydrogen) atoms. The number of benzene rings is 2. The number of hydrogen-bond acceptors (Lipinski definition) is 5. The lowest BCUT2D eigenvalue weighted by molar-refractivity contribution is -0.125. The van der Waals surface area contributed by atoms with Crippen LogP contribution in [-0.2, 0) is 4.79 Å². The Hall–Kier alpha value is -3.74. The van der Waals surface area contributed by atoms with E-state index in [0.29, 0.717) is 18.8 Å². The van der Waals surface area contributed by atoms with Crippen molar-refractivity contribution in [2.75, 3.05) is 26.7 Å². The van der Waals surface area contributed by atoms with Crippen molar-refractivity contribution in [1.82, 2.24) is 14.5 Å². The molecule has 1 aliphatic heterocycles. The summed E-state index contributed by atoms with van der Waals surface area (Å²) in [5, 5.41) is 3.11. The van der Waals surface area contributed by atoms with Crippen molar-refractivity contribution >= 4 is 12.0 Å². The summed E-state index contributed by atoms with van der Waals surface area (Å²) in [6, 6.07) is 15.8. The van der Waals surface area contributed by atoms with Crippen molar-refractivity contribution in [2.24, 2.45) is 11.1 Å². The molecule has 1 amide bonds. The van der Waals surface area contributed by atoms with Crippen LogP contribution in [-0.4, -0.2) is 47.1 Å². The van der Waals surface area contributed by atoms with Gasteiger partial charge in [0.2, 0.25) is 5.91 Å². The number of methoxy groups -OCH3 is 1. The number of carbonyl (C=O) groups excluding carboxylic acids is 1. The molecule has 164 valence electrons. The molecular weight excluding hydrogens is 404 g/mol. The molecule has 1 aromatic heterocycles. The monoisotopic (exact) mass is 430 g/mol. The van der Waals surface area contributed by atoms with E-state index in [1.165, 1.54) is 0 Å². The van der Waals surface area contributed by atoms with Crippen LogP contribution in [0.15, 0.2) is 72.3 Å². The second-order valence-electron chi connectivity index (χ2n) is 8.02. The number of aryl methyl sites for hydroxylation is 1. The fraction of sp³-hybridized carbons (Fsp3) is 0.280. The standard InChI is InChI=1S/C25H26N4O3/c1-18-14-29(17-26-18)23-10-8-19(12-24(23)32-2)9-11-25(30)28-15-21(13-27-31)22(16-28)20-6-4-3-5-7-20/h3-12,14,17,21-22H,13,15-16H2,1-2H3/t21-,22+/m1/s1. The second-order valence-corrected chi connectivity index (χ2v) is 8.02. The minimum Gasteiger partial charge on any atom is -0.495 e. The molecule has 0 aliphatic carbocycles. The molecule has 0 bridgehead atoms. The van der Waals surface area contributed by atoms with Crippen LogP contribution in [0, 0.1) is 17.7 Å². The van der Waals surface area contributed by atoms with E-state index in [1.807, 2.05) is 66.2 Å². The van der Waals surface area contributed by atoms with Crippen molar-refractivity contribution in [3.8, 4) is 11.4 Å². The molecule has 2 heterocycles. The van der Waals surface area contributed by atoms with Gasteiger partial charge >= 0.3 is 0 Å². The van der Waals surface area contributed by atoms with Gasteiger partial charge in [-0.1, -0.05) is 41.6 Å². The van der Waals surface area contributed by atoms with Crippen LogP contribution < -0.4 is 4.74 Å². The topological polar surface area (TPSA) is 76.8 Å². The van der Waals surface area contributed by atoms with Crippen LogP contribution in [0.25, 0.3) is 11.8 Å². The average Bonchev–Trinajstić information content (AvgIpc) is 3.44. The highest BCUT2D eigenvalue weighted by atomic mass is 16.5. The summed E-state index contributed by atoms with van der Waals surface area (Å²) in [6.07, 6.45) is 7.04. The van der Waals surface area contributed by atoms with Gasteiger partial charge in [0.15, 0.2) is 0 Å². The molecule has 7 heteroatoms. The van der Waals surface area contributed by atoms with E-state index in [9.17, 15) is 9.70 Å². The molecule has 0 N–H and O–H groups in total. The van der Waals surface area contributed by atoms with E-state index in [2.05, 4.69) is 10.2 Å². The molecule has 4 rings (SSSR count). The molecule has 0 saturated carbocycles. The maximum Gasteiger partial charge on any atom is 0.246 e. The van der Waals surface area contributed by atoms with Crippen LogP contribution >= 0.6 is 0 Å². The van der Waals surface area contributed by atoms with Crippen molar-refractivity contribution in [3.63, 3.8) is 0 Å². The number of imidazole rings is 1. The Bertz CT molecular complexity index is 1120. The number of ether oxygens (including phenoxy) is 1. The Kier molecular flexibility index (Phi) is 6.44. The molecule has 7 nitrogen and oxygen atoms in total. The van der Waals surface area contributed by atoms with Gasteiger partial charge in [-0.3, -0.25) is 4.79 Å². The number of nitroso groups, excluding NO2 is 1. The number of amides is 1. The number of rotatable bonds is 7. The van der Waals surface area contributed by atoms with Gasteiger partial charge < -0.3 is 14.2 Å². The Balaban J connectivity index is 1.48. The summed E-state index contributed by atoms with van der Waals surface area (Å²) in [4.78, 5) is 29.9. The predicted molar refractivity (Wildman–Crippen MR) is 124 cm³/mol. The fourth-order valence-corrected chi connectivity index (χ4v) is 4.25. The van der Waals surface area contributed by atoms with Gasteiger partial charge in [0.25, 0.3) is 0 Å². The Morgan fingerprint density at radius 1 is 1.22 bits per heavy atom. The normalized spacial score (nSPS) is 18.2. The molecular formula is C25H26N4O3. The second kappa shape index (κ2) is 9.60. The lowest BCUT2D eigenvalue weighted by Crippen LogP contribution is -2.27. The Labute approximate surface area is 187 Å². The van der Waals surface area contributed by atoms with Gasteiger partial charge in [0.1, 0.15) is 5.75 Å². The van der Waals surface area contributed by atoms with Crippen molar-refractivity contribution < 1.29 is 9.53 Å². The summed E-state index contributed by atoms with van der Waals surface area (Å²) in [6.45, 7) is 3.24. The first kappa shape index (κ1) is 21.5. The molecule has 2 aromatic carbocycles. The smallest absolute Gasteiger partial charge is 0.246 e. The third-order valence-electron chi connectivity index (χ3n) is 5.90. The predicted octanol–water partition coefficient (Wildman–Crippen LogP) is 4.21. The first-order chi connectivity index (χ1) is 15.6. The van der Waals surface area contributed by atoms with Crippen LogP contribution in [0.1, 0.15) is 22.7 Å². The Morgan fingerprint density at radius 2 is 2.03 bits per heavy atom. The highest BCUT2D eigenvalue weighted by Gasteiger charge is 2.35. The minimum atomic E-state index is -0.0763. The average molecular weight is 431 g/mol. The molecule has 3 aromatic rings. The molecule has 1 aliphatic rings. The maximum absolute atomic E-state index is 12.9. The van der Waals surface area contributed by atoms with E-state index >= 15 is 0 Å². The van der Waals surface area contributed by atoms with E-state index in [4.69, 9.17) is 4.74 Å². The van der Waals surface area contributed by atoms with E-state index < -0.39 is 0 Å². The van der Waals surface area contributed by atoms with Crippen LogP contribution in [0.2, 0.25) is 0 Å². The number of carbonyl (C=O) groups is 1. The maximum atomic E-state index is 12.9. The van der Waals surface area contributed by atoms with E-state index in [-0.39, 0.29) is 24.3 Å². The van der Waals surface area contributed by atoms with E-state index in [1.54, 1.807) is 30.5 Å². The van der Waals surface area contributed by atoms with Gasteiger partial charge in [-0.15, -0.1) is 0 Å². The summed E-state index contributed by atoms with van der Waals surface area (Å²) in [5.41, 5.74) is 3.80. The van der Waals surface area contributed by atoms with Crippen LogP contribution in [0.3, 0.4) is 0 Å². The summed E-state index contributed by atoms with van der Waals surface area (Å²) >= 11 is 0. The molecule has 0 unspecified atom stereocenters. The molecule has 1 saturated heterocycles. The lowest BCUT2D eigenvalue weighted by Gasteiger charge is -2.15. The van der Waals surface area contributed by atoms with Crippen LogP contribution in [0.5, 0.6) is 5.75 Å². The zero-order valence-corrected chi connectivity index (χ0v) is 18.2. The molecule has 1 fully saturated rings. The summed E-state index contributed by atoms with van der Waals surface area (Å²) in [5.74, 6) is 0.765. The highest BCUT2D eigenvalue weighted by Crippen LogP contribution is 2.33. The van der Waals surface area contributed by atoms with Crippen molar-refractivity contribution in [3.05, 3.63) is 88.9 Å². The third kappa shape index (κ3) is 4.61. The number of likely N-dealkylation sites (tertiary alicyclic amines) is 1. The van der Waals surface area contributed by atoms with Gasteiger partial charge in [-0.25, -0.2) is 4.98 Å². The first-order valence-electron chi connectivity index (χ1n) is 10.6. The molecule has 0 spiro atoms. The summed E-state index contributed by atoms with van der Waals surface area (Å²) in [7, 11) is 1.62. The van der Waals surface area contributed by atoms with Gasteiger partial charge in [-0.2, -0.15) is 4.91 Å². The largest absolute Gasteiger partial charge is 0.495 e. The van der Waals surface area contributed by atoms with Crippen molar-refractivity contribution in [2.45, 2.75) is 12.8 Å². The zero-order valence-electron chi connectivity index (χ0n) is 18.2.